The lowest BCUT2D eigenvalue weighted by molar-refractivity contribution is 0.768. The molecule has 1 aliphatic carbocycles. The number of hydrogen-bond acceptors (Lipinski definition) is 4. The quantitative estimate of drug-likeness (QED) is 0.164. The van der Waals surface area contributed by atoms with E-state index >= 15 is 0 Å². The van der Waals surface area contributed by atoms with E-state index in [9.17, 15) is 5.26 Å². The van der Waals surface area contributed by atoms with Gasteiger partial charge >= 0.3 is 0 Å². The van der Waals surface area contributed by atoms with Crippen LogP contribution in [0.4, 0.5) is 0 Å². The monoisotopic (exact) mass is 726 g/mol. The van der Waals surface area contributed by atoms with Crippen molar-refractivity contribution < 1.29 is 0 Å². The van der Waals surface area contributed by atoms with Crippen molar-refractivity contribution in [2.75, 3.05) is 0 Å². The molecule has 0 fully saturated rings. The third kappa shape index (κ3) is 5.73. The lowest BCUT2D eigenvalue weighted by Crippen LogP contribution is -2.28. The predicted molar refractivity (Wildman–Crippen MR) is 229 cm³/mol. The molecule has 0 saturated heterocycles. The molecule has 10 rings (SSSR count). The average Bonchev–Trinajstić information content (AvgIpc) is 3.61. The Morgan fingerprint density at radius 1 is 0.333 bits per heavy atom. The van der Waals surface area contributed by atoms with Crippen molar-refractivity contribution in [2.45, 2.75) is 5.41 Å². The Balaban J connectivity index is 1.18. The van der Waals surface area contributed by atoms with E-state index in [4.69, 9.17) is 15.0 Å². The van der Waals surface area contributed by atoms with Gasteiger partial charge < -0.3 is 0 Å². The molecule has 0 amide bonds. The van der Waals surface area contributed by atoms with Crippen molar-refractivity contribution in [2.24, 2.45) is 0 Å². The molecule has 8 aromatic carbocycles. The maximum absolute atomic E-state index is 9.76. The number of rotatable bonds is 7. The summed E-state index contributed by atoms with van der Waals surface area (Å²) in [6.45, 7) is 0. The van der Waals surface area contributed by atoms with Crippen LogP contribution in [0.5, 0.6) is 0 Å². The Morgan fingerprint density at radius 2 is 0.772 bits per heavy atom. The maximum Gasteiger partial charge on any atom is 0.164 e. The Hall–Kier alpha value is -7.74. The summed E-state index contributed by atoms with van der Waals surface area (Å²) in [5, 5.41) is 9.76. The molecular formula is C53H34N4. The second-order valence-corrected chi connectivity index (χ2v) is 14.2. The van der Waals surface area contributed by atoms with Gasteiger partial charge in [-0.25, -0.2) is 15.0 Å². The molecule has 0 N–H and O–H groups in total. The van der Waals surface area contributed by atoms with E-state index in [1.54, 1.807) is 0 Å². The molecule has 1 aromatic heterocycles. The van der Waals surface area contributed by atoms with E-state index in [1.807, 2.05) is 72.8 Å². The van der Waals surface area contributed by atoms with Crippen molar-refractivity contribution in [1.29, 1.82) is 5.26 Å². The van der Waals surface area contributed by atoms with Crippen molar-refractivity contribution in [3.8, 4) is 73.6 Å². The molecule has 1 aliphatic rings. The van der Waals surface area contributed by atoms with Crippen LogP contribution in [-0.2, 0) is 5.41 Å². The first-order chi connectivity index (χ1) is 28.2. The smallest absolute Gasteiger partial charge is 0.164 e. The Kier molecular flexibility index (Phi) is 8.39. The molecule has 0 radical (unpaired) electrons. The first-order valence-electron chi connectivity index (χ1n) is 19.1. The van der Waals surface area contributed by atoms with Gasteiger partial charge in [-0.15, -0.1) is 0 Å². The third-order valence-electron chi connectivity index (χ3n) is 11.1. The minimum absolute atomic E-state index is 0.538. The highest BCUT2D eigenvalue weighted by Crippen LogP contribution is 2.59. The van der Waals surface area contributed by atoms with Gasteiger partial charge in [0.2, 0.25) is 0 Å². The molecule has 9 aromatic rings. The van der Waals surface area contributed by atoms with Crippen molar-refractivity contribution in [3.05, 3.63) is 234 Å². The average molecular weight is 727 g/mol. The molecule has 4 nitrogen and oxygen atoms in total. The van der Waals surface area contributed by atoms with E-state index in [0.717, 1.165) is 38.9 Å². The van der Waals surface area contributed by atoms with Gasteiger partial charge in [0, 0.05) is 16.7 Å². The van der Waals surface area contributed by atoms with Gasteiger partial charge in [0.05, 0.1) is 17.0 Å². The topological polar surface area (TPSA) is 62.5 Å². The molecule has 0 atom stereocenters. The minimum Gasteiger partial charge on any atom is -0.208 e. The Labute approximate surface area is 332 Å². The second-order valence-electron chi connectivity index (χ2n) is 14.2. The summed E-state index contributed by atoms with van der Waals surface area (Å²) in [6, 6.07) is 74.1. The van der Waals surface area contributed by atoms with Crippen LogP contribution >= 0.6 is 0 Å². The van der Waals surface area contributed by atoms with Gasteiger partial charge in [0.1, 0.15) is 0 Å². The zero-order valence-corrected chi connectivity index (χ0v) is 30.9. The standard InChI is InChI=1S/C53H34N4/c54-35-36-25-27-38(28-26-36)48-44(33-34-47-49(48)45-23-13-14-24-46(45)53(47,42-19-9-3-10-20-42)43-21-11-4-12-22-43)37-29-31-41(32-30-37)52-56-50(39-15-5-1-6-16-39)55-51(57-52)40-17-7-2-8-18-40/h1-34H. The molecule has 0 bridgehead atoms. The molecule has 266 valence electrons. The van der Waals surface area contributed by atoms with Crippen molar-refractivity contribution >= 4 is 0 Å². The predicted octanol–water partition coefficient (Wildman–Crippen LogP) is 12.4. The molecule has 0 aliphatic heterocycles. The van der Waals surface area contributed by atoms with Crippen molar-refractivity contribution in [3.63, 3.8) is 0 Å². The summed E-state index contributed by atoms with van der Waals surface area (Å²) in [4.78, 5) is 14.8. The van der Waals surface area contributed by atoms with Gasteiger partial charge in [-0.3, -0.25) is 0 Å². The summed E-state index contributed by atoms with van der Waals surface area (Å²) in [6.07, 6.45) is 0. The molecule has 57 heavy (non-hydrogen) atoms. The largest absolute Gasteiger partial charge is 0.208 e. The molecule has 0 saturated carbocycles. The number of hydrogen-bond donors (Lipinski definition) is 0. The Bertz CT molecular complexity index is 2820. The summed E-state index contributed by atoms with van der Waals surface area (Å²) in [5.41, 5.74) is 14.5. The molecule has 0 spiro atoms. The van der Waals surface area contributed by atoms with Crippen LogP contribution in [0.25, 0.3) is 67.5 Å². The van der Waals surface area contributed by atoms with Crippen LogP contribution in [0.3, 0.4) is 0 Å². The van der Waals surface area contributed by atoms with Crippen LogP contribution in [-0.4, -0.2) is 15.0 Å². The highest BCUT2D eigenvalue weighted by Gasteiger charge is 2.47. The number of nitriles is 1. The first kappa shape index (κ1) is 33.8. The van der Waals surface area contributed by atoms with E-state index in [1.165, 1.54) is 33.4 Å². The summed E-state index contributed by atoms with van der Waals surface area (Å²) in [7, 11) is 0. The number of aromatic nitrogens is 3. The van der Waals surface area contributed by atoms with Gasteiger partial charge in [-0.05, 0) is 67.8 Å². The van der Waals surface area contributed by atoms with Gasteiger partial charge in [0.25, 0.3) is 0 Å². The van der Waals surface area contributed by atoms with Crippen LogP contribution in [0, 0.1) is 11.3 Å². The van der Waals surface area contributed by atoms with E-state index in [-0.39, 0.29) is 0 Å². The highest BCUT2D eigenvalue weighted by atomic mass is 15.0. The van der Waals surface area contributed by atoms with Gasteiger partial charge in [0.15, 0.2) is 17.5 Å². The van der Waals surface area contributed by atoms with Crippen LogP contribution in [0.1, 0.15) is 27.8 Å². The summed E-state index contributed by atoms with van der Waals surface area (Å²) >= 11 is 0. The van der Waals surface area contributed by atoms with E-state index in [0.29, 0.717) is 23.0 Å². The highest BCUT2D eigenvalue weighted by molar-refractivity contribution is 6.01. The minimum atomic E-state index is -0.538. The lowest BCUT2D eigenvalue weighted by atomic mass is 9.67. The fourth-order valence-electron chi connectivity index (χ4n) is 8.52. The van der Waals surface area contributed by atoms with Crippen LogP contribution in [0.2, 0.25) is 0 Å². The molecule has 1 heterocycles. The number of benzene rings is 8. The SMILES string of the molecule is N#Cc1ccc(-c2c(-c3ccc(-c4nc(-c5ccccc5)nc(-c5ccccc5)n4)cc3)ccc3c2-c2ccccc2C3(c2ccccc2)c2ccccc2)cc1. The zero-order chi connectivity index (χ0) is 38.2. The van der Waals surface area contributed by atoms with Gasteiger partial charge in [-0.2, -0.15) is 5.26 Å². The molecule has 0 unspecified atom stereocenters. The fraction of sp³-hybridized carbons (Fsp3) is 0.0189. The normalized spacial score (nSPS) is 12.3. The number of fused-ring (bicyclic) bond motifs is 3. The number of nitrogens with zero attached hydrogens (tertiary/aromatic N) is 4. The van der Waals surface area contributed by atoms with Crippen LogP contribution < -0.4 is 0 Å². The second kappa shape index (κ2) is 14.2. The van der Waals surface area contributed by atoms with Crippen LogP contribution in [0.15, 0.2) is 206 Å². The fourth-order valence-corrected chi connectivity index (χ4v) is 8.52. The molecule has 4 heteroatoms. The van der Waals surface area contributed by atoms with E-state index in [2.05, 4.69) is 140 Å². The van der Waals surface area contributed by atoms with E-state index < -0.39 is 5.41 Å². The maximum atomic E-state index is 9.76. The third-order valence-corrected chi connectivity index (χ3v) is 11.1. The summed E-state index contributed by atoms with van der Waals surface area (Å²) < 4.78 is 0. The zero-order valence-electron chi connectivity index (χ0n) is 30.9. The first-order valence-corrected chi connectivity index (χ1v) is 19.1. The van der Waals surface area contributed by atoms with Gasteiger partial charge in [-0.1, -0.05) is 194 Å². The summed E-state index contributed by atoms with van der Waals surface area (Å²) in [5.74, 6) is 1.87. The van der Waals surface area contributed by atoms with Crippen molar-refractivity contribution in [1.82, 2.24) is 15.0 Å². The Morgan fingerprint density at radius 3 is 1.30 bits per heavy atom. The molecular weight excluding hydrogens is 693 g/mol. The lowest BCUT2D eigenvalue weighted by Gasteiger charge is -2.34.